The van der Waals surface area contributed by atoms with Gasteiger partial charge < -0.3 is 14.7 Å². The molecular formula is C19H25N3O2. The molecule has 1 saturated heterocycles. The lowest BCUT2D eigenvalue weighted by atomic mass is 10.1. The maximum Gasteiger partial charge on any atom is 0.322 e. The Morgan fingerprint density at radius 1 is 1.29 bits per heavy atom. The molecule has 1 aliphatic heterocycles. The molecule has 2 aromatic rings. The molecule has 0 radical (unpaired) electrons. The van der Waals surface area contributed by atoms with Crippen LogP contribution in [0.5, 0.6) is 0 Å². The van der Waals surface area contributed by atoms with E-state index in [1.165, 1.54) is 0 Å². The van der Waals surface area contributed by atoms with Crippen molar-refractivity contribution in [1.82, 2.24) is 10.1 Å². The van der Waals surface area contributed by atoms with E-state index >= 15 is 0 Å². The number of likely N-dealkylation sites (tertiary alicyclic amines) is 1. The molecule has 1 aliphatic rings. The summed E-state index contributed by atoms with van der Waals surface area (Å²) in [6, 6.07) is 8.01. The van der Waals surface area contributed by atoms with Gasteiger partial charge >= 0.3 is 6.03 Å². The minimum Gasteiger partial charge on any atom is -0.361 e. The molecule has 2 heterocycles. The summed E-state index contributed by atoms with van der Waals surface area (Å²) in [6.07, 6.45) is 3.82. The second kappa shape index (κ2) is 7.07. The van der Waals surface area contributed by atoms with Crippen LogP contribution in [0.4, 0.5) is 10.5 Å². The molecule has 1 N–H and O–H groups in total. The molecule has 1 aromatic carbocycles. The lowest BCUT2D eigenvalue weighted by Gasteiger charge is -2.23. The molecule has 2 amide bonds. The normalized spacial score (nSPS) is 17.3. The van der Waals surface area contributed by atoms with Gasteiger partial charge in [-0.1, -0.05) is 18.1 Å². The van der Waals surface area contributed by atoms with E-state index in [0.717, 1.165) is 60.5 Å². The fraction of sp³-hybridized carbons (Fsp3) is 0.474. The average Bonchev–Trinajstić information content (AvgIpc) is 3.14. The number of nitrogens with zero attached hydrogens (tertiary/aromatic N) is 2. The molecule has 1 aromatic heterocycles. The predicted octanol–water partition coefficient (Wildman–Crippen LogP) is 4.61. The predicted molar refractivity (Wildman–Crippen MR) is 94.1 cm³/mol. The summed E-state index contributed by atoms with van der Waals surface area (Å²) < 4.78 is 5.39. The topological polar surface area (TPSA) is 58.4 Å². The van der Waals surface area contributed by atoms with Gasteiger partial charge in [0.2, 0.25) is 0 Å². The number of benzene rings is 1. The smallest absolute Gasteiger partial charge is 0.322 e. The van der Waals surface area contributed by atoms with Crippen LogP contribution in [0, 0.1) is 13.8 Å². The monoisotopic (exact) mass is 327 g/mol. The fourth-order valence-corrected chi connectivity index (χ4v) is 3.41. The zero-order valence-electron chi connectivity index (χ0n) is 14.6. The van der Waals surface area contributed by atoms with E-state index in [1.807, 2.05) is 36.9 Å². The minimum atomic E-state index is -0.0671. The molecule has 3 rings (SSSR count). The average molecular weight is 327 g/mol. The highest BCUT2D eigenvalue weighted by atomic mass is 16.5. The van der Waals surface area contributed by atoms with Crippen LogP contribution >= 0.6 is 0 Å². The molecule has 1 unspecified atom stereocenters. The third kappa shape index (κ3) is 3.61. The zero-order valence-corrected chi connectivity index (χ0v) is 14.6. The Morgan fingerprint density at radius 2 is 2.04 bits per heavy atom. The number of carbonyl (C=O) groups excluding carboxylic acids is 1. The highest BCUT2D eigenvalue weighted by Gasteiger charge is 2.32. The Morgan fingerprint density at radius 3 is 2.75 bits per heavy atom. The second-order valence-corrected chi connectivity index (χ2v) is 6.63. The zero-order chi connectivity index (χ0) is 17.1. The number of anilines is 1. The van der Waals surface area contributed by atoms with Crippen LogP contribution in [0.3, 0.4) is 0 Å². The van der Waals surface area contributed by atoms with Crippen LogP contribution in [0.15, 0.2) is 28.8 Å². The van der Waals surface area contributed by atoms with Crippen molar-refractivity contribution >= 4 is 11.7 Å². The highest BCUT2D eigenvalue weighted by molar-refractivity contribution is 5.90. The third-order valence-corrected chi connectivity index (χ3v) is 4.40. The van der Waals surface area contributed by atoms with E-state index < -0.39 is 0 Å². The second-order valence-electron chi connectivity index (χ2n) is 6.63. The maximum absolute atomic E-state index is 12.7. The van der Waals surface area contributed by atoms with Crippen LogP contribution in [0.2, 0.25) is 0 Å². The van der Waals surface area contributed by atoms with E-state index in [9.17, 15) is 4.79 Å². The van der Waals surface area contributed by atoms with E-state index in [2.05, 4.69) is 23.5 Å². The largest absolute Gasteiger partial charge is 0.361 e. The fourth-order valence-electron chi connectivity index (χ4n) is 3.41. The van der Waals surface area contributed by atoms with Crippen LogP contribution in [0.25, 0.3) is 0 Å². The summed E-state index contributed by atoms with van der Waals surface area (Å²) in [6.45, 7) is 6.93. The molecule has 0 bridgehead atoms. The van der Waals surface area contributed by atoms with Crippen LogP contribution < -0.4 is 5.32 Å². The first kappa shape index (κ1) is 16.6. The molecule has 5 nitrogen and oxygen atoms in total. The van der Waals surface area contributed by atoms with E-state index in [-0.39, 0.29) is 12.1 Å². The maximum atomic E-state index is 12.7. The quantitative estimate of drug-likeness (QED) is 0.892. The van der Waals surface area contributed by atoms with Gasteiger partial charge in [0.05, 0.1) is 6.04 Å². The lowest BCUT2D eigenvalue weighted by Crippen LogP contribution is -2.34. The number of aromatic nitrogens is 1. The van der Waals surface area contributed by atoms with Gasteiger partial charge in [-0.25, -0.2) is 4.79 Å². The summed E-state index contributed by atoms with van der Waals surface area (Å²) in [7, 11) is 0. The number of hydrogen-bond donors (Lipinski definition) is 1. The van der Waals surface area contributed by atoms with Gasteiger partial charge in [-0.05, 0) is 56.4 Å². The van der Waals surface area contributed by atoms with Crippen molar-refractivity contribution in [3.8, 4) is 0 Å². The number of aryl methyl sites for hydroxylation is 3. The first-order valence-corrected chi connectivity index (χ1v) is 8.68. The summed E-state index contributed by atoms with van der Waals surface area (Å²) in [4.78, 5) is 14.6. The van der Waals surface area contributed by atoms with Gasteiger partial charge in [0.25, 0.3) is 0 Å². The third-order valence-electron chi connectivity index (χ3n) is 4.40. The first-order chi connectivity index (χ1) is 11.6. The van der Waals surface area contributed by atoms with Crippen LogP contribution in [0.1, 0.15) is 54.8 Å². The van der Waals surface area contributed by atoms with Gasteiger partial charge in [0.15, 0.2) is 0 Å². The van der Waals surface area contributed by atoms with E-state index in [4.69, 9.17) is 4.52 Å². The van der Waals surface area contributed by atoms with Crippen LogP contribution in [-0.4, -0.2) is 22.6 Å². The highest BCUT2D eigenvalue weighted by Crippen LogP contribution is 2.32. The van der Waals surface area contributed by atoms with Crippen molar-refractivity contribution < 1.29 is 9.32 Å². The van der Waals surface area contributed by atoms with Crippen molar-refractivity contribution in [3.63, 3.8) is 0 Å². The molecule has 0 aliphatic carbocycles. The Hall–Kier alpha value is -2.30. The summed E-state index contributed by atoms with van der Waals surface area (Å²) in [5.41, 5.74) is 3.99. The van der Waals surface area contributed by atoms with E-state index in [1.54, 1.807) is 0 Å². The van der Waals surface area contributed by atoms with Crippen molar-refractivity contribution in [2.75, 3.05) is 11.9 Å². The number of rotatable bonds is 4. The number of nitrogens with one attached hydrogen (secondary N) is 1. The summed E-state index contributed by atoms with van der Waals surface area (Å²) in [5.74, 6) is 0.897. The lowest BCUT2D eigenvalue weighted by molar-refractivity contribution is 0.204. The number of hydrogen-bond acceptors (Lipinski definition) is 3. The first-order valence-electron chi connectivity index (χ1n) is 8.68. The number of carbonyl (C=O) groups is 1. The standard InChI is InChI=1S/C19H25N3O2/c1-4-6-16-12-17(21-24-16)18-7-5-8-22(18)19(23)20-15-10-13(2)9-14(3)11-15/h9-12,18H,4-8H2,1-3H3,(H,20,23). The molecule has 1 fully saturated rings. The summed E-state index contributed by atoms with van der Waals surface area (Å²) >= 11 is 0. The minimum absolute atomic E-state index is 0.00487. The van der Waals surface area contributed by atoms with Crippen molar-refractivity contribution in [2.24, 2.45) is 0 Å². The van der Waals surface area contributed by atoms with Crippen molar-refractivity contribution in [1.29, 1.82) is 0 Å². The van der Waals surface area contributed by atoms with Crippen molar-refractivity contribution in [2.45, 2.75) is 52.5 Å². The SMILES string of the molecule is CCCc1cc(C2CCCN2C(=O)Nc2cc(C)cc(C)c2)no1. The van der Waals surface area contributed by atoms with Gasteiger partial charge in [0, 0.05) is 24.7 Å². The van der Waals surface area contributed by atoms with Gasteiger partial charge in [-0.3, -0.25) is 0 Å². The Bertz CT molecular complexity index is 703. The van der Waals surface area contributed by atoms with Gasteiger partial charge in [-0.2, -0.15) is 0 Å². The van der Waals surface area contributed by atoms with Crippen LogP contribution in [-0.2, 0) is 6.42 Å². The molecule has 1 atom stereocenters. The molecule has 0 spiro atoms. The number of amides is 2. The molecule has 0 saturated carbocycles. The van der Waals surface area contributed by atoms with Gasteiger partial charge in [-0.15, -0.1) is 0 Å². The van der Waals surface area contributed by atoms with Gasteiger partial charge in [0.1, 0.15) is 11.5 Å². The Balaban J connectivity index is 1.73. The summed E-state index contributed by atoms with van der Waals surface area (Å²) in [5, 5.41) is 7.21. The Labute approximate surface area is 143 Å². The molecule has 24 heavy (non-hydrogen) atoms. The molecule has 5 heteroatoms. The molecule has 128 valence electrons. The molecular weight excluding hydrogens is 302 g/mol. The van der Waals surface area contributed by atoms with Crippen molar-refractivity contribution in [3.05, 3.63) is 46.8 Å². The van der Waals surface area contributed by atoms with E-state index in [0.29, 0.717) is 0 Å². The number of urea groups is 1. The Kier molecular flexibility index (Phi) is 4.88.